The molecule has 7 heteroatoms. The highest BCUT2D eigenvalue weighted by molar-refractivity contribution is 7.89. The minimum atomic E-state index is -3.56. The van der Waals surface area contributed by atoms with Crippen LogP contribution in [0.5, 0.6) is 5.75 Å². The van der Waals surface area contributed by atoms with Crippen LogP contribution in [-0.4, -0.2) is 39.3 Å². The molecule has 0 aliphatic heterocycles. The zero-order valence-electron chi connectivity index (χ0n) is 15.2. The normalized spacial score (nSPS) is 11.4. The Morgan fingerprint density at radius 1 is 1.12 bits per heavy atom. The molecule has 0 bridgehead atoms. The minimum Gasteiger partial charge on any atom is -0.494 e. The fraction of sp³-hybridized carbons (Fsp3) is 0.316. The number of para-hydroxylation sites is 1. The number of nitrogens with zero attached hydrogens (tertiary/aromatic N) is 1. The van der Waals surface area contributed by atoms with Gasteiger partial charge in [-0.2, -0.15) is 0 Å². The van der Waals surface area contributed by atoms with Gasteiger partial charge in [0, 0.05) is 26.2 Å². The third-order valence-electron chi connectivity index (χ3n) is 3.79. The summed E-state index contributed by atoms with van der Waals surface area (Å²) in [5.41, 5.74) is 1.10. The molecule has 0 unspecified atom stereocenters. The van der Waals surface area contributed by atoms with Gasteiger partial charge in [-0.3, -0.25) is 4.79 Å². The second kappa shape index (κ2) is 8.82. The van der Waals surface area contributed by atoms with E-state index < -0.39 is 10.0 Å². The summed E-state index contributed by atoms with van der Waals surface area (Å²) in [6.45, 7) is 2.16. The fourth-order valence-electron chi connectivity index (χ4n) is 2.32. The molecule has 0 radical (unpaired) electrons. The number of carbonyl (C=O) groups excluding carboxylic acids is 1. The third-order valence-corrected chi connectivity index (χ3v) is 5.75. The molecule has 0 spiro atoms. The van der Waals surface area contributed by atoms with E-state index in [-0.39, 0.29) is 17.2 Å². The number of hydrogen-bond donors (Lipinski definition) is 1. The van der Waals surface area contributed by atoms with Crippen LogP contribution < -0.4 is 10.1 Å². The Labute approximate surface area is 154 Å². The van der Waals surface area contributed by atoms with E-state index >= 15 is 0 Å². The lowest BCUT2D eigenvalue weighted by Crippen LogP contribution is -2.23. The van der Waals surface area contributed by atoms with Crippen molar-refractivity contribution in [1.29, 1.82) is 0 Å². The van der Waals surface area contributed by atoms with Crippen molar-refractivity contribution >= 4 is 21.6 Å². The quantitative estimate of drug-likeness (QED) is 0.719. The van der Waals surface area contributed by atoms with Crippen LogP contribution in [0, 0.1) is 6.92 Å². The van der Waals surface area contributed by atoms with Crippen molar-refractivity contribution < 1.29 is 17.9 Å². The summed E-state index contributed by atoms with van der Waals surface area (Å²) in [4.78, 5) is 12.3. The molecule has 0 saturated heterocycles. The van der Waals surface area contributed by atoms with Gasteiger partial charge in [-0.15, -0.1) is 0 Å². The third kappa shape index (κ3) is 5.31. The molecule has 0 fully saturated rings. The Hall–Kier alpha value is -2.38. The second-order valence-electron chi connectivity index (χ2n) is 6.08. The summed E-state index contributed by atoms with van der Waals surface area (Å²) in [5, 5.41) is 2.74. The standard InChI is InChI=1S/C19H24N2O4S/c1-15-11-12-16(14-18(15)26(23,24)21(2)3)20-19(22)10-7-13-25-17-8-5-4-6-9-17/h4-6,8-9,11-12,14H,7,10,13H2,1-3H3,(H,20,22). The molecule has 140 valence electrons. The molecule has 2 aromatic carbocycles. The average Bonchev–Trinajstić information content (AvgIpc) is 2.61. The highest BCUT2D eigenvalue weighted by Gasteiger charge is 2.20. The van der Waals surface area contributed by atoms with Gasteiger partial charge >= 0.3 is 0 Å². The van der Waals surface area contributed by atoms with Gasteiger partial charge in [0.2, 0.25) is 15.9 Å². The van der Waals surface area contributed by atoms with Crippen LogP contribution in [0.25, 0.3) is 0 Å². The predicted octanol–water partition coefficient (Wildman–Crippen LogP) is 3.04. The number of carbonyl (C=O) groups is 1. The number of nitrogens with one attached hydrogen (secondary N) is 1. The van der Waals surface area contributed by atoms with Crippen LogP contribution in [0.4, 0.5) is 5.69 Å². The summed E-state index contributed by atoms with van der Waals surface area (Å²) in [6.07, 6.45) is 0.853. The van der Waals surface area contributed by atoms with Gasteiger partial charge in [-0.05, 0) is 43.2 Å². The van der Waals surface area contributed by atoms with E-state index in [9.17, 15) is 13.2 Å². The Morgan fingerprint density at radius 2 is 1.81 bits per heavy atom. The molecule has 6 nitrogen and oxygen atoms in total. The molecule has 0 atom stereocenters. The van der Waals surface area contributed by atoms with E-state index in [2.05, 4.69) is 5.32 Å². The van der Waals surface area contributed by atoms with E-state index in [1.165, 1.54) is 20.2 Å². The zero-order valence-corrected chi connectivity index (χ0v) is 16.0. The smallest absolute Gasteiger partial charge is 0.242 e. The predicted molar refractivity (Wildman–Crippen MR) is 102 cm³/mol. The Morgan fingerprint density at radius 3 is 2.46 bits per heavy atom. The fourth-order valence-corrected chi connectivity index (χ4v) is 3.46. The molecule has 0 aliphatic carbocycles. The highest BCUT2D eigenvalue weighted by Crippen LogP contribution is 2.22. The van der Waals surface area contributed by atoms with Crippen LogP contribution in [0.1, 0.15) is 18.4 Å². The van der Waals surface area contributed by atoms with Gasteiger partial charge in [0.05, 0.1) is 11.5 Å². The maximum Gasteiger partial charge on any atom is 0.242 e. The molecule has 26 heavy (non-hydrogen) atoms. The van der Waals surface area contributed by atoms with Crippen LogP contribution in [-0.2, 0) is 14.8 Å². The SMILES string of the molecule is Cc1ccc(NC(=O)CCCOc2ccccc2)cc1S(=O)(=O)N(C)C. The van der Waals surface area contributed by atoms with Gasteiger partial charge in [-0.25, -0.2) is 12.7 Å². The molecule has 0 saturated carbocycles. The van der Waals surface area contributed by atoms with E-state index in [1.807, 2.05) is 30.3 Å². The number of anilines is 1. The molecule has 1 N–H and O–H groups in total. The maximum absolute atomic E-state index is 12.3. The molecule has 0 aromatic heterocycles. The van der Waals surface area contributed by atoms with E-state index in [0.717, 1.165) is 10.1 Å². The topological polar surface area (TPSA) is 75.7 Å². The molecule has 2 aromatic rings. The number of aryl methyl sites for hydroxylation is 1. The van der Waals surface area contributed by atoms with Crippen molar-refractivity contribution in [2.75, 3.05) is 26.0 Å². The van der Waals surface area contributed by atoms with E-state index in [1.54, 1.807) is 19.1 Å². The first-order valence-electron chi connectivity index (χ1n) is 8.31. The number of hydrogen-bond acceptors (Lipinski definition) is 4. The van der Waals surface area contributed by atoms with Gasteiger partial charge in [-0.1, -0.05) is 24.3 Å². The van der Waals surface area contributed by atoms with E-state index in [4.69, 9.17) is 4.74 Å². The van der Waals surface area contributed by atoms with Crippen molar-refractivity contribution in [3.8, 4) is 5.75 Å². The minimum absolute atomic E-state index is 0.182. The zero-order chi connectivity index (χ0) is 19.2. The highest BCUT2D eigenvalue weighted by atomic mass is 32.2. The Bertz CT molecular complexity index is 849. The van der Waals surface area contributed by atoms with Crippen LogP contribution in [0.2, 0.25) is 0 Å². The summed E-state index contributed by atoms with van der Waals surface area (Å²) < 4.78 is 31.4. The first kappa shape index (κ1) is 19.9. The Balaban J connectivity index is 1.91. The number of ether oxygens (including phenoxy) is 1. The Kier molecular flexibility index (Phi) is 6.76. The van der Waals surface area contributed by atoms with Crippen molar-refractivity contribution in [1.82, 2.24) is 4.31 Å². The second-order valence-corrected chi connectivity index (χ2v) is 8.20. The first-order valence-corrected chi connectivity index (χ1v) is 9.75. The van der Waals surface area contributed by atoms with Crippen molar-refractivity contribution in [3.05, 3.63) is 54.1 Å². The number of rotatable bonds is 8. The monoisotopic (exact) mass is 376 g/mol. The van der Waals surface area contributed by atoms with Gasteiger partial charge in [0.25, 0.3) is 0 Å². The lowest BCUT2D eigenvalue weighted by Gasteiger charge is -2.15. The molecule has 1 amide bonds. The van der Waals surface area contributed by atoms with Crippen molar-refractivity contribution in [2.24, 2.45) is 0 Å². The molecular weight excluding hydrogens is 352 g/mol. The van der Waals surface area contributed by atoms with Crippen molar-refractivity contribution in [3.63, 3.8) is 0 Å². The van der Waals surface area contributed by atoms with E-state index in [0.29, 0.717) is 24.3 Å². The lowest BCUT2D eigenvalue weighted by atomic mass is 10.2. The number of benzene rings is 2. The average molecular weight is 376 g/mol. The summed E-state index contributed by atoms with van der Waals surface area (Å²) >= 11 is 0. The summed E-state index contributed by atoms with van der Waals surface area (Å²) in [6, 6.07) is 14.3. The molecule has 2 rings (SSSR count). The molecule has 0 heterocycles. The van der Waals surface area contributed by atoms with Gasteiger partial charge in [0.1, 0.15) is 5.75 Å². The van der Waals surface area contributed by atoms with Crippen LogP contribution in [0.3, 0.4) is 0 Å². The summed E-state index contributed by atoms with van der Waals surface area (Å²) in [7, 11) is -0.597. The van der Waals surface area contributed by atoms with Gasteiger partial charge < -0.3 is 10.1 Å². The first-order chi connectivity index (χ1) is 12.3. The summed E-state index contributed by atoms with van der Waals surface area (Å²) in [5.74, 6) is 0.587. The molecule has 0 aliphatic rings. The number of sulfonamides is 1. The van der Waals surface area contributed by atoms with Crippen molar-refractivity contribution in [2.45, 2.75) is 24.7 Å². The van der Waals surface area contributed by atoms with Crippen LogP contribution >= 0.6 is 0 Å². The van der Waals surface area contributed by atoms with Gasteiger partial charge in [0.15, 0.2) is 0 Å². The maximum atomic E-state index is 12.3. The largest absolute Gasteiger partial charge is 0.494 e. The lowest BCUT2D eigenvalue weighted by molar-refractivity contribution is -0.116. The molecular formula is C19H24N2O4S. The van der Waals surface area contributed by atoms with Crippen LogP contribution in [0.15, 0.2) is 53.4 Å². The number of amides is 1.